The van der Waals surface area contributed by atoms with E-state index in [1.807, 2.05) is 6.92 Å². The molecular formula is C22H28N4OS2. The van der Waals surface area contributed by atoms with Crippen LogP contribution in [-0.2, 0) is 17.8 Å². The topological polar surface area (TPSA) is 50.3 Å². The minimum Gasteiger partial charge on any atom is -0.377 e. The van der Waals surface area contributed by atoms with Gasteiger partial charge in [0.1, 0.15) is 5.82 Å². The van der Waals surface area contributed by atoms with E-state index in [4.69, 9.17) is 9.72 Å². The normalized spacial score (nSPS) is 16.6. The summed E-state index contributed by atoms with van der Waals surface area (Å²) < 4.78 is 5.75. The third-order valence-corrected chi connectivity index (χ3v) is 6.77. The van der Waals surface area contributed by atoms with Crippen molar-refractivity contribution in [2.75, 3.05) is 31.4 Å². The van der Waals surface area contributed by atoms with E-state index in [2.05, 4.69) is 58.1 Å². The first-order valence-electron chi connectivity index (χ1n) is 10.0. The number of fused-ring (bicyclic) bond motifs is 1. The number of thioether (sulfide) groups is 1. The summed E-state index contributed by atoms with van der Waals surface area (Å²) in [5.41, 5.74) is 3.34. The van der Waals surface area contributed by atoms with Gasteiger partial charge in [-0.05, 0) is 44.2 Å². The average molecular weight is 429 g/mol. The Morgan fingerprint density at radius 2 is 2.21 bits per heavy atom. The molecule has 29 heavy (non-hydrogen) atoms. The smallest absolute Gasteiger partial charge is 0.133 e. The summed E-state index contributed by atoms with van der Waals surface area (Å²) in [4.78, 5) is 13.1. The van der Waals surface area contributed by atoms with E-state index in [-0.39, 0.29) is 0 Å². The lowest BCUT2D eigenvalue weighted by atomic mass is 10.1. The third kappa shape index (κ3) is 5.09. The molecule has 0 aliphatic carbocycles. The number of ether oxygens (including phenoxy) is 1. The lowest BCUT2D eigenvalue weighted by Gasteiger charge is -2.22. The molecule has 1 unspecified atom stereocenters. The molecule has 5 nitrogen and oxygen atoms in total. The van der Waals surface area contributed by atoms with Crippen LogP contribution in [0.25, 0.3) is 10.9 Å². The van der Waals surface area contributed by atoms with Crippen molar-refractivity contribution in [2.24, 2.45) is 0 Å². The van der Waals surface area contributed by atoms with Crippen LogP contribution in [0, 0.1) is 6.92 Å². The van der Waals surface area contributed by atoms with Crippen LogP contribution in [0.3, 0.4) is 0 Å². The van der Waals surface area contributed by atoms with Crippen molar-refractivity contribution >= 4 is 39.8 Å². The van der Waals surface area contributed by atoms with Crippen LogP contribution in [-0.4, -0.2) is 42.5 Å². The molecule has 0 saturated carbocycles. The standard InChI is InChI=1S/C22H28N4OS2/c1-15-24-18(14-29-15)13-26(2)22-17(11-23-12-19-5-4-8-27-19)9-16-6-7-20(28-3)10-21(16)25-22/h6-7,9-10,14,19,23H,4-5,8,11-13H2,1-3H3. The summed E-state index contributed by atoms with van der Waals surface area (Å²) in [6, 6.07) is 8.78. The molecular weight excluding hydrogens is 400 g/mol. The summed E-state index contributed by atoms with van der Waals surface area (Å²) in [5.74, 6) is 1.02. The lowest BCUT2D eigenvalue weighted by molar-refractivity contribution is 0.110. The number of nitrogens with zero attached hydrogens (tertiary/aromatic N) is 3. The Hall–Kier alpha value is -1.67. The van der Waals surface area contributed by atoms with Crippen molar-refractivity contribution in [1.29, 1.82) is 0 Å². The Labute approximate surface area is 180 Å². The first kappa shape index (κ1) is 20.6. The van der Waals surface area contributed by atoms with Gasteiger partial charge in [-0.15, -0.1) is 23.1 Å². The lowest BCUT2D eigenvalue weighted by Crippen LogP contribution is -2.27. The predicted octanol–water partition coefficient (Wildman–Crippen LogP) is 4.63. The van der Waals surface area contributed by atoms with Crippen molar-refractivity contribution in [3.05, 3.63) is 45.9 Å². The van der Waals surface area contributed by atoms with Crippen molar-refractivity contribution in [3.63, 3.8) is 0 Å². The maximum Gasteiger partial charge on any atom is 0.133 e. The van der Waals surface area contributed by atoms with E-state index in [9.17, 15) is 0 Å². The van der Waals surface area contributed by atoms with Gasteiger partial charge in [-0.25, -0.2) is 9.97 Å². The minimum absolute atomic E-state index is 0.340. The fourth-order valence-corrected chi connectivity index (χ4v) is 4.78. The molecule has 1 fully saturated rings. The Kier molecular flexibility index (Phi) is 6.70. The molecule has 1 saturated heterocycles. The van der Waals surface area contributed by atoms with Gasteiger partial charge in [0, 0.05) is 48.0 Å². The summed E-state index contributed by atoms with van der Waals surface area (Å²) in [6.45, 7) is 5.36. The van der Waals surface area contributed by atoms with Crippen molar-refractivity contribution < 1.29 is 4.74 Å². The SMILES string of the molecule is CSc1ccc2cc(CNCC3CCCO3)c(N(C)Cc3csc(C)n3)nc2c1. The van der Waals surface area contributed by atoms with E-state index >= 15 is 0 Å². The van der Waals surface area contributed by atoms with Crippen LogP contribution in [0.1, 0.15) is 29.1 Å². The van der Waals surface area contributed by atoms with Crippen LogP contribution >= 0.6 is 23.1 Å². The van der Waals surface area contributed by atoms with Gasteiger partial charge in [0.25, 0.3) is 0 Å². The van der Waals surface area contributed by atoms with Crippen LogP contribution in [0.5, 0.6) is 0 Å². The second-order valence-corrected chi connectivity index (χ2v) is 9.45. The van der Waals surface area contributed by atoms with Crippen LogP contribution in [0.4, 0.5) is 5.82 Å². The summed E-state index contributed by atoms with van der Waals surface area (Å²) in [5, 5.41) is 8.00. The number of hydrogen-bond acceptors (Lipinski definition) is 7. The molecule has 1 atom stereocenters. The molecule has 1 aliphatic rings. The number of aromatic nitrogens is 2. The van der Waals surface area contributed by atoms with Crippen LogP contribution < -0.4 is 10.2 Å². The van der Waals surface area contributed by atoms with E-state index < -0.39 is 0 Å². The molecule has 154 valence electrons. The fourth-order valence-electron chi connectivity index (χ4n) is 3.74. The number of pyridine rings is 1. The molecule has 3 aromatic rings. The number of anilines is 1. The largest absolute Gasteiger partial charge is 0.377 e. The number of rotatable bonds is 8. The number of hydrogen-bond donors (Lipinski definition) is 1. The van der Waals surface area contributed by atoms with Gasteiger partial charge < -0.3 is 15.0 Å². The molecule has 1 aliphatic heterocycles. The molecule has 0 amide bonds. The van der Waals surface area contributed by atoms with Crippen molar-refractivity contribution in [2.45, 2.75) is 43.9 Å². The quantitative estimate of drug-likeness (QED) is 0.528. The highest BCUT2D eigenvalue weighted by atomic mass is 32.2. The van der Waals surface area contributed by atoms with Gasteiger partial charge in [-0.1, -0.05) is 6.07 Å². The average Bonchev–Trinajstić information content (AvgIpc) is 3.38. The Morgan fingerprint density at radius 1 is 1.31 bits per heavy atom. The molecule has 0 bridgehead atoms. The maximum absolute atomic E-state index is 5.75. The molecule has 0 radical (unpaired) electrons. The summed E-state index contributed by atoms with van der Waals surface area (Å²) in [6.07, 6.45) is 4.76. The monoisotopic (exact) mass is 428 g/mol. The van der Waals surface area contributed by atoms with Crippen LogP contribution in [0.15, 0.2) is 34.5 Å². The molecule has 1 aromatic carbocycles. The first-order chi connectivity index (χ1) is 14.1. The maximum atomic E-state index is 5.75. The Morgan fingerprint density at radius 3 is 2.93 bits per heavy atom. The van der Waals surface area contributed by atoms with E-state index in [0.29, 0.717) is 6.10 Å². The molecule has 4 rings (SSSR count). The second-order valence-electron chi connectivity index (χ2n) is 7.51. The van der Waals surface area contributed by atoms with Gasteiger partial charge in [-0.2, -0.15) is 0 Å². The Bertz CT molecular complexity index is 969. The molecule has 3 heterocycles. The molecule has 7 heteroatoms. The number of benzene rings is 1. The molecule has 2 aromatic heterocycles. The third-order valence-electron chi connectivity index (χ3n) is 5.22. The first-order valence-corrected chi connectivity index (χ1v) is 12.1. The predicted molar refractivity (Wildman–Crippen MR) is 123 cm³/mol. The van der Waals surface area contributed by atoms with Gasteiger partial charge in [0.15, 0.2) is 0 Å². The van der Waals surface area contributed by atoms with E-state index in [0.717, 1.165) is 54.7 Å². The zero-order chi connectivity index (χ0) is 20.2. The van der Waals surface area contributed by atoms with E-state index in [1.165, 1.54) is 22.3 Å². The fraction of sp³-hybridized carbons (Fsp3) is 0.455. The Balaban J connectivity index is 1.59. The summed E-state index contributed by atoms with van der Waals surface area (Å²) >= 11 is 3.44. The van der Waals surface area contributed by atoms with Crippen molar-refractivity contribution in [1.82, 2.24) is 15.3 Å². The van der Waals surface area contributed by atoms with Gasteiger partial charge in [0.05, 0.1) is 28.9 Å². The highest BCUT2D eigenvalue weighted by Gasteiger charge is 2.17. The van der Waals surface area contributed by atoms with Gasteiger partial charge >= 0.3 is 0 Å². The zero-order valence-corrected chi connectivity index (χ0v) is 18.9. The zero-order valence-electron chi connectivity index (χ0n) is 17.3. The summed E-state index contributed by atoms with van der Waals surface area (Å²) in [7, 11) is 2.10. The molecule has 1 N–H and O–H groups in total. The molecule has 0 spiro atoms. The number of aryl methyl sites for hydroxylation is 1. The van der Waals surface area contributed by atoms with E-state index in [1.54, 1.807) is 23.1 Å². The van der Waals surface area contributed by atoms with Gasteiger partial charge in [-0.3, -0.25) is 0 Å². The number of thiazole rings is 1. The van der Waals surface area contributed by atoms with Crippen molar-refractivity contribution in [3.8, 4) is 0 Å². The van der Waals surface area contributed by atoms with Gasteiger partial charge in [0.2, 0.25) is 0 Å². The second kappa shape index (κ2) is 9.43. The highest BCUT2D eigenvalue weighted by Crippen LogP contribution is 2.27. The van der Waals surface area contributed by atoms with Crippen LogP contribution in [0.2, 0.25) is 0 Å². The minimum atomic E-state index is 0.340. The number of nitrogens with one attached hydrogen (secondary N) is 1. The highest BCUT2D eigenvalue weighted by molar-refractivity contribution is 7.98.